The molecule has 8 heteroatoms. The maximum atomic E-state index is 14.4. The van der Waals surface area contributed by atoms with Crippen LogP contribution < -0.4 is 10.1 Å². The van der Waals surface area contributed by atoms with Crippen molar-refractivity contribution in [3.63, 3.8) is 0 Å². The molecule has 0 spiro atoms. The fourth-order valence-electron chi connectivity index (χ4n) is 3.29. The normalized spacial score (nSPS) is 19.1. The van der Waals surface area contributed by atoms with Crippen LogP contribution in [0.3, 0.4) is 0 Å². The van der Waals surface area contributed by atoms with Crippen LogP contribution in [0.1, 0.15) is 25.0 Å². The van der Waals surface area contributed by atoms with Gasteiger partial charge in [-0.2, -0.15) is 0 Å². The molecule has 2 aromatic rings. The van der Waals surface area contributed by atoms with E-state index in [-0.39, 0.29) is 30.0 Å². The Morgan fingerprint density at radius 1 is 1.07 bits per heavy atom. The third-order valence-corrected chi connectivity index (χ3v) is 4.79. The average molecular weight is 408 g/mol. The van der Waals surface area contributed by atoms with Gasteiger partial charge in [0.15, 0.2) is 0 Å². The molecule has 2 atom stereocenters. The van der Waals surface area contributed by atoms with Gasteiger partial charge in [-0.05, 0) is 31.5 Å². The molecule has 29 heavy (non-hydrogen) atoms. The number of nitrogens with one attached hydrogen (secondary N) is 1. The smallest absolute Gasteiger partial charge is 0.410 e. The van der Waals surface area contributed by atoms with Gasteiger partial charge in [0.2, 0.25) is 0 Å². The van der Waals surface area contributed by atoms with Crippen molar-refractivity contribution in [1.29, 1.82) is 0 Å². The molecule has 1 amide bonds. The number of benzene rings is 2. The first-order chi connectivity index (χ1) is 13.8. The van der Waals surface area contributed by atoms with Gasteiger partial charge in [0, 0.05) is 37.3 Å². The monoisotopic (exact) mass is 408 g/mol. The predicted molar refractivity (Wildman–Crippen MR) is 101 cm³/mol. The third kappa shape index (κ3) is 5.20. The maximum Gasteiger partial charge on any atom is 0.410 e. The third-order valence-electron chi connectivity index (χ3n) is 4.79. The fraction of sp³-hybridized carbons (Fsp3) is 0.381. The number of carbonyl (C=O) groups excluding carboxylic acids is 1. The van der Waals surface area contributed by atoms with Gasteiger partial charge in [0.1, 0.15) is 36.4 Å². The van der Waals surface area contributed by atoms with Crippen LogP contribution >= 0.6 is 0 Å². The quantitative estimate of drug-likeness (QED) is 0.813. The number of ether oxygens (including phenoxy) is 2. The molecule has 0 bridgehead atoms. The Morgan fingerprint density at radius 2 is 1.72 bits per heavy atom. The summed E-state index contributed by atoms with van der Waals surface area (Å²) in [5, 5.41) is 3.19. The van der Waals surface area contributed by atoms with Crippen molar-refractivity contribution in [3.05, 3.63) is 65.0 Å². The minimum absolute atomic E-state index is 0.0380. The number of amides is 1. The topological polar surface area (TPSA) is 50.8 Å². The van der Waals surface area contributed by atoms with Crippen molar-refractivity contribution in [3.8, 4) is 5.75 Å². The first-order valence-corrected chi connectivity index (χ1v) is 9.36. The number of nitrogens with zero attached hydrogens (tertiary/aromatic N) is 1. The Labute approximate surface area is 167 Å². The zero-order valence-electron chi connectivity index (χ0n) is 16.3. The predicted octanol–water partition coefficient (Wildman–Crippen LogP) is 4.00. The minimum Gasteiger partial charge on any atom is -0.489 e. The molecule has 0 saturated carbocycles. The lowest BCUT2D eigenvalue weighted by Crippen LogP contribution is -2.57. The van der Waals surface area contributed by atoms with E-state index in [2.05, 4.69) is 5.32 Å². The molecule has 1 aliphatic heterocycles. The Kier molecular flexibility index (Phi) is 6.64. The van der Waals surface area contributed by atoms with E-state index in [9.17, 15) is 18.0 Å². The van der Waals surface area contributed by atoms with Gasteiger partial charge in [0.25, 0.3) is 0 Å². The van der Waals surface area contributed by atoms with Gasteiger partial charge in [-0.1, -0.05) is 12.1 Å². The summed E-state index contributed by atoms with van der Waals surface area (Å²) in [5.41, 5.74) is 0.176. The molecular weight excluding hydrogens is 385 g/mol. The van der Waals surface area contributed by atoms with Crippen molar-refractivity contribution < 1.29 is 27.4 Å². The maximum absolute atomic E-state index is 14.4. The summed E-state index contributed by atoms with van der Waals surface area (Å²) in [6.45, 7) is 4.43. The van der Waals surface area contributed by atoms with Crippen molar-refractivity contribution >= 4 is 6.09 Å². The number of halogens is 3. The molecule has 2 aromatic carbocycles. The highest BCUT2D eigenvalue weighted by molar-refractivity contribution is 5.68. The zero-order valence-corrected chi connectivity index (χ0v) is 16.3. The van der Waals surface area contributed by atoms with E-state index in [1.165, 1.54) is 18.2 Å². The largest absolute Gasteiger partial charge is 0.489 e. The van der Waals surface area contributed by atoms with Crippen LogP contribution in [0.25, 0.3) is 0 Å². The fourth-order valence-corrected chi connectivity index (χ4v) is 3.29. The highest BCUT2D eigenvalue weighted by atomic mass is 19.1. The Morgan fingerprint density at radius 3 is 2.34 bits per heavy atom. The van der Waals surface area contributed by atoms with Crippen molar-refractivity contribution in [2.24, 2.45) is 0 Å². The molecule has 1 heterocycles. The first kappa shape index (κ1) is 21.0. The number of hydrogen-bond acceptors (Lipinski definition) is 4. The van der Waals surface area contributed by atoms with E-state index < -0.39 is 30.2 Å². The van der Waals surface area contributed by atoms with Crippen molar-refractivity contribution in [2.75, 3.05) is 13.1 Å². The molecule has 1 N–H and O–H groups in total. The van der Waals surface area contributed by atoms with Crippen LogP contribution in [0.2, 0.25) is 0 Å². The number of piperazine rings is 1. The number of rotatable bonds is 5. The Balaban J connectivity index is 1.62. The van der Waals surface area contributed by atoms with Gasteiger partial charge in [0.05, 0.1) is 5.56 Å². The van der Waals surface area contributed by atoms with E-state index in [0.29, 0.717) is 18.7 Å². The number of hydrogen-bond donors (Lipinski definition) is 1. The lowest BCUT2D eigenvalue weighted by Gasteiger charge is -2.38. The van der Waals surface area contributed by atoms with Gasteiger partial charge in [-0.3, -0.25) is 0 Å². The Bertz CT molecular complexity index is 845. The molecule has 1 saturated heterocycles. The average Bonchev–Trinajstić information content (AvgIpc) is 2.65. The second-order valence-corrected chi connectivity index (χ2v) is 7.10. The summed E-state index contributed by atoms with van der Waals surface area (Å²) in [6, 6.07) is 7.59. The zero-order chi connectivity index (χ0) is 21.0. The van der Waals surface area contributed by atoms with Crippen LogP contribution in [0, 0.1) is 17.5 Å². The molecule has 1 fully saturated rings. The van der Waals surface area contributed by atoms with Crippen LogP contribution in [0.5, 0.6) is 5.75 Å². The van der Waals surface area contributed by atoms with Crippen molar-refractivity contribution in [1.82, 2.24) is 10.2 Å². The molecule has 0 unspecified atom stereocenters. The molecular formula is C21H23F3N2O3. The summed E-state index contributed by atoms with van der Waals surface area (Å²) in [6.07, 6.45) is -0.614. The number of carbonyl (C=O) groups is 1. The molecule has 3 rings (SSSR count). The van der Waals surface area contributed by atoms with E-state index in [4.69, 9.17) is 9.47 Å². The summed E-state index contributed by atoms with van der Waals surface area (Å²) < 4.78 is 52.4. The molecule has 5 nitrogen and oxygen atoms in total. The van der Waals surface area contributed by atoms with Gasteiger partial charge >= 0.3 is 6.09 Å². The molecule has 1 aliphatic rings. The van der Waals surface area contributed by atoms with E-state index >= 15 is 0 Å². The summed E-state index contributed by atoms with van der Waals surface area (Å²) in [4.78, 5) is 13.9. The first-order valence-electron chi connectivity index (χ1n) is 9.36. The molecule has 156 valence electrons. The highest BCUT2D eigenvalue weighted by Crippen LogP contribution is 2.23. The molecule has 0 aliphatic carbocycles. The van der Waals surface area contributed by atoms with E-state index in [1.807, 2.05) is 13.8 Å². The SMILES string of the molecule is C[C@@H]1CNC[C@H](C)N1C(=O)OCc1c(F)cc(OCc2cccc(F)c2)cc1F. The summed E-state index contributed by atoms with van der Waals surface area (Å²) >= 11 is 0. The lowest BCUT2D eigenvalue weighted by molar-refractivity contribution is 0.0551. The van der Waals surface area contributed by atoms with Crippen molar-refractivity contribution in [2.45, 2.75) is 39.1 Å². The van der Waals surface area contributed by atoms with Gasteiger partial charge in [-0.15, -0.1) is 0 Å². The van der Waals surface area contributed by atoms with Crippen LogP contribution in [-0.2, 0) is 18.0 Å². The highest BCUT2D eigenvalue weighted by Gasteiger charge is 2.30. The van der Waals surface area contributed by atoms with E-state index in [0.717, 1.165) is 12.1 Å². The van der Waals surface area contributed by atoms with Crippen LogP contribution in [-0.4, -0.2) is 36.2 Å². The van der Waals surface area contributed by atoms with Crippen LogP contribution in [0.4, 0.5) is 18.0 Å². The second-order valence-electron chi connectivity index (χ2n) is 7.10. The molecule has 0 aromatic heterocycles. The standard InChI is InChI=1S/C21H23F3N2O3/c1-13-9-25-10-14(2)26(13)21(27)29-12-18-19(23)7-17(8-20(18)24)28-11-15-4-3-5-16(22)6-15/h3-8,13-14,25H,9-12H2,1-2H3/t13-,14+. The van der Waals surface area contributed by atoms with E-state index in [1.54, 1.807) is 11.0 Å². The lowest BCUT2D eigenvalue weighted by atomic mass is 10.1. The second kappa shape index (κ2) is 9.17. The minimum atomic E-state index is -0.881. The van der Waals surface area contributed by atoms with Gasteiger partial charge in [-0.25, -0.2) is 18.0 Å². The molecule has 0 radical (unpaired) electrons. The summed E-state index contributed by atoms with van der Waals surface area (Å²) in [5.74, 6) is -2.22. The van der Waals surface area contributed by atoms with Gasteiger partial charge < -0.3 is 19.7 Å². The van der Waals surface area contributed by atoms with Crippen LogP contribution in [0.15, 0.2) is 36.4 Å². The Hall–Kier alpha value is -2.74. The summed E-state index contributed by atoms with van der Waals surface area (Å²) in [7, 11) is 0.